The second-order valence-corrected chi connectivity index (χ2v) is 14.0. The molecule has 0 amide bonds. The van der Waals surface area contributed by atoms with Crippen molar-refractivity contribution >= 4 is 98.5 Å². The van der Waals surface area contributed by atoms with E-state index in [2.05, 4.69) is 0 Å². The number of non-ortho nitro benzene ring substituents is 2. The molecular formula is C36H22Cl5N3O9S. The standard InChI is InChI=1S/C28H16Cl4N2O6S.C8H6ClNO3/c1-13(35)21-11-15(33(37)38)3-5-17(21)19-7-9-23(27(31)25(19)29)41-24-10-8-20(26(30)28(24)32)18-6-4-16(34(39)40)12-22(18)14(2)36;9-8(10(12)13)7(11)6-4-2-1-3-5-6/h3-12H,1-2H3;1-5,8H. The van der Waals surface area contributed by atoms with Crippen molar-refractivity contribution in [2.45, 2.75) is 29.1 Å². The Morgan fingerprint density at radius 2 is 0.963 bits per heavy atom. The molecule has 54 heavy (non-hydrogen) atoms. The summed E-state index contributed by atoms with van der Waals surface area (Å²) in [6.45, 7) is 2.60. The number of Topliss-reactive ketones (excluding diaryl/α,β-unsaturated/α-hetero) is 3. The number of benzene rings is 5. The second kappa shape index (κ2) is 18.0. The van der Waals surface area contributed by atoms with Crippen molar-refractivity contribution < 1.29 is 29.2 Å². The van der Waals surface area contributed by atoms with Gasteiger partial charge in [-0.3, -0.25) is 44.7 Å². The van der Waals surface area contributed by atoms with Gasteiger partial charge in [0.25, 0.3) is 17.2 Å². The van der Waals surface area contributed by atoms with Crippen molar-refractivity contribution in [1.29, 1.82) is 0 Å². The topological polar surface area (TPSA) is 181 Å². The summed E-state index contributed by atoms with van der Waals surface area (Å²) in [4.78, 5) is 67.3. The van der Waals surface area contributed by atoms with Crippen LogP contribution >= 0.6 is 69.8 Å². The van der Waals surface area contributed by atoms with Crippen LogP contribution in [0.5, 0.6) is 0 Å². The Hall–Kier alpha value is -4.89. The van der Waals surface area contributed by atoms with Crippen LogP contribution in [-0.4, -0.2) is 37.6 Å². The first kappa shape index (κ1) is 41.9. The molecule has 0 heterocycles. The lowest BCUT2D eigenvalue weighted by Gasteiger charge is -2.15. The molecule has 1 atom stereocenters. The summed E-state index contributed by atoms with van der Waals surface area (Å²) in [5.41, 5.74) is -0.0476. The minimum atomic E-state index is -1.69. The highest BCUT2D eigenvalue weighted by atomic mass is 35.5. The van der Waals surface area contributed by atoms with Crippen LogP contribution in [-0.2, 0) is 0 Å². The summed E-state index contributed by atoms with van der Waals surface area (Å²) in [5, 5.41) is 33.1. The quantitative estimate of drug-likeness (QED) is 0.0408. The van der Waals surface area contributed by atoms with Gasteiger partial charge in [-0.1, -0.05) is 101 Å². The number of nitrogens with zero attached hydrogens (tertiary/aromatic N) is 3. The number of nitro benzene ring substituents is 2. The molecule has 0 aliphatic carbocycles. The molecule has 5 aromatic rings. The van der Waals surface area contributed by atoms with Gasteiger partial charge in [-0.2, -0.15) is 0 Å². The molecule has 0 aliphatic heterocycles. The molecule has 0 aromatic heterocycles. The summed E-state index contributed by atoms with van der Waals surface area (Å²) in [6, 6.07) is 22.4. The van der Waals surface area contributed by atoms with E-state index < -0.39 is 26.1 Å². The van der Waals surface area contributed by atoms with Crippen molar-refractivity contribution in [1.82, 2.24) is 0 Å². The van der Waals surface area contributed by atoms with Crippen LogP contribution in [0.15, 0.2) is 101 Å². The largest absolute Gasteiger partial charge is 0.348 e. The van der Waals surface area contributed by atoms with Crippen LogP contribution in [0.3, 0.4) is 0 Å². The Balaban J connectivity index is 0.000000422. The fourth-order valence-corrected chi connectivity index (χ4v) is 7.16. The molecule has 12 nitrogen and oxygen atoms in total. The molecule has 0 aliphatic rings. The summed E-state index contributed by atoms with van der Waals surface area (Å²) < 4.78 is 0. The van der Waals surface area contributed by atoms with Crippen LogP contribution < -0.4 is 0 Å². The zero-order valence-corrected chi connectivity index (χ0v) is 32.1. The SMILES string of the molecule is CC(=O)c1cc([N+](=O)[O-])ccc1-c1ccc(Sc2ccc(-c3ccc([N+](=O)[O-])cc3C(C)=O)c(Cl)c2Cl)c(Cl)c1Cl.O=C(c1ccccc1)C(Cl)[N+](=O)[O-]. The zero-order chi connectivity index (χ0) is 40.0. The maximum Gasteiger partial charge on any atom is 0.348 e. The molecule has 0 fully saturated rings. The molecule has 1 unspecified atom stereocenters. The summed E-state index contributed by atoms with van der Waals surface area (Å²) >= 11 is 32.9. The van der Waals surface area contributed by atoms with E-state index in [1.54, 1.807) is 42.5 Å². The van der Waals surface area contributed by atoms with Crippen LogP contribution in [0, 0.1) is 30.3 Å². The lowest BCUT2D eigenvalue weighted by molar-refractivity contribution is -0.482. The van der Waals surface area contributed by atoms with Crippen LogP contribution in [0.2, 0.25) is 20.1 Å². The predicted octanol–water partition coefficient (Wildman–Crippen LogP) is 11.7. The Kier molecular flexibility index (Phi) is 13.9. The maximum atomic E-state index is 12.2. The monoisotopic (exact) mass is 847 g/mol. The van der Waals surface area contributed by atoms with Crippen molar-refractivity contribution in [3.05, 3.63) is 158 Å². The van der Waals surface area contributed by atoms with E-state index in [0.717, 1.165) is 0 Å². The van der Waals surface area contributed by atoms with Gasteiger partial charge in [0, 0.05) is 66.8 Å². The number of halogens is 5. The third kappa shape index (κ3) is 9.42. The smallest absolute Gasteiger partial charge is 0.294 e. The Bertz CT molecular complexity index is 2230. The van der Waals surface area contributed by atoms with E-state index in [4.69, 9.17) is 58.0 Å². The molecule has 0 radical (unpaired) electrons. The van der Waals surface area contributed by atoms with Gasteiger partial charge < -0.3 is 0 Å². The van der Waals surface area contributed by atoms with E-state index in [1.807, 2.05) is 0 Å². The predicted molar refractivity (Wildman–Crippen MR) is 209 cm³/mol. The van der Waals surface area contributed by atoms with E-state index in [0.29, 0.717) is 32.0 Å². The maximum absolute atomic E-state index is 12.2. The third-order valence-corrected chi connectivity index (χ3v) is 11.0. The number of carbonyl (C=O) groups excluding carboxylic acids is 3. The third-order valence-electron chi connectivity index (χ3n) is 7.54. The highest BCUT2D eigenvalue weighted by Crippen LogP contribution is 2.47. The van der Waals surface area contributed by atoms with Crippen molar-refractivity contribution in [2.24, 2.45) is 0 Å². The molecule has 18 heteroatoms. The van der Waals surface area contributed by atoms with Gasteiger partial charge in [0.2, 0.25) is 0 Å². The van der Waals surface area contributed by atoms with E-state index in [9.17, 15) is 44.7 Å². The number of rotatable bonds is 11. The normalized spacial score (nSPS) is 11.2. The molecule has 0 bridgehead atoms. The molecule has 0 saturated heterocycles. The average Bonchev–Trinajstić information content (AvgIpc) is 3.14. The first-order valence-electron chi connectivity index (χ1n) is 15.0. The first-order valence-corrected chi connectivity index (χ1v) is 17.8. The van der Waals surface area contributed by atoms with Gasteiger partial charge >= 0.3 is 5.50 Å². The molecule has 5 aromatic carbocycles. The Morgan fingerprint density at radius 3 is 1.31 bits per heavy atom. The van der Waals surface area contributed by atoms with Gasteiger partial charge in [0.1, 0.15) is 0 Å². The molecule has 5 rings (SSSR count). The number of hydrogen-bond donors (Lipinski definition) is 0. The minimum Gasteiger partial charge on any atom is -0.294 e. The number of carbonyl (C=O) groups is 3. The van der Waals surface area contributed by atoms with Gasteiger partial charge in [0.05, 0.1) is 29.9 Å². The highest BCUT2D eigenvalue weighted by Gasteiger charge is 2.27. The van der Waals surface area contributed by atoms with Crippen LogP contribution in [0.1, 0.15) is 44.9 Å². The second-order valence-electron chi connectivity index (χ2n) is 11.0. The van der Waals surface area contributed by atoms with Crippen LogP contribution in [0.4, 0.5) is 11.4 Å². The number of hydrogen-bond acceptors (Lipinski definition) is 10. The summed E-state index contributed by atoms with van der Waals surface area (Å²) in [5.74, 6) is -1.44. The van der Waals surface area contributed by atoms with Gasteiger partial charge in [-0.15, -0.1) is 0 Å². The van der Waals surface area contributed by atoms with Gasteiger partial charge in [-0.05, 0) is 60.8 Å². The number of ketones is 3. The van der Waals surface area contributed by atoms with E-state index in [1.165, 1.54) is 74.1 Å². The van der Waals surface area contributed by atoms with Gasteiger partial charge in [0.15, 0.2) is 11.6 Å². The van der Waals surface area contributed by atoms with Gasteiger partial charge in [-0.25, -0.2) is 0 Å². The molecule has 0 N–H and O–H groups in total. The Labute approximate surface area is 335 Å². The van der Waals surface area contributed by atoms with Crippen molar-refractivity contribution in [3.63, 3.8) is 0 Å². The summed E-state index contributed by atoms with van der Waals surface area (Å²) in [7, 11) is 0. The number of nitro groups is 3. The Morgan fingerprint density at radius 1 is 0.574 bits per heavy atom. The molecule has 0 spiro atoms. The highest BCUT2D eigenvalue weighted by molar-refractivity contribution is 7.99. The van der Waals surface area contributed by atoms with Crippen LogP contribution in [0.25, 0.3) is 22.3 Å². The summed E-state index contributed by atoms with van der Waals surface area (Å²) in [6.07, 6.45) is 0. The molecular weight excluding hydrogens is 828 g/mol. The average molecular weight is 850 g/mol. The van der Waals surface area contributed by atoms with E-state index in [-0.39, 0.29) is 59.7 Å². The first-order chi connectivity index (χ1) is 25.4. The fraction of sp³-hybridized carbons (Fsp3) is 0.0833. The minimum absolute atomic E-state index is 0.124. The molecule has 276 valence electrons. The lowest BCUT2D eigenvalue weighted by Crippen LogP contribution is -2.23. The van der Waals surface area contributed by atoms with E-state index >= 15 is 0 Å². The number of alkyl halides is 1. The lowest BCUT2D eigenvalue weighted by atomic mass is 9.96. The fourth-order valence-electron chi connectivity index (χ4n) is 4.94. The molecule has 0 saturated carbocycles. The van der Waals surface area contributed by atoms with Crippen molar-refractivity contribution in [2.75, 3.05) is 0 Å². The zero-order valence-electron chi connectivity index (χ0n) is 27.6. The van der Waals surface area contributed by atoms with Crippen molar-refractivity contribution in [3.8, 4) is 22.3 Å².